The molecule has 0 atom stereocenters. The van der Waals surface area contributed by atoms with Gasteiger partial charge in [0, 0.05) is 12.1 Å². The smallest absolute Gasteiger partial charge is 0.240 e. The number of nitrogens with one attached hydrogen (secondary N) is 1. The highest BCUT2D eigenvalue weighted by Crippen LogP contribution is 2.49. The van der Waals surface area contributed by atoms with Gasteiger partial charge in [0.1, 0.15) is 0 Å². The van der Waals surface area contributed by atoms with Crippen LogP contribution in [-0.2, 0) is 10.0 Å². The molecule has 0 unspecified atom stereocenters. The Labute approximate surface area is 127 Å². The van der Waals surface area contributed by atoms with E-state index >= 15 is 0 Å². The van der Waals surface area contributed by atoms with Gasteiger partial charge in [-0.05, 0) is 48.9 Å². The number of sulfonamides is 1. The minimum Gasteiger partial charge on any atom is -0.320 e. The maximum absolute atomic E-state index is 12.3. The van der Waals surface area contributed by atoms with Crippen LogP contribution in [0.25, 0.3) is 0 Å². The highest BCUT2D eigenvalue weighted by molar-refractivity contribution is 7.89. The lowest BCUT2D eigenvalue weighted by atomic mass is 10.0. The van der Waals surface area contributed by atoms with Crippen LogP contribution in [-0.4, -0.2) is 21.5 Å². The standard InChI is InChI=1S/C16H22N2O2S/c1-2-9-16(10-11-16)13-18-21(19,20)15-7-5-14(6-8-15)4-3-12-17/h5-8,18H,2,9-13,17H2,1H3. The van der Waals surface area contributed by atoms with E-state index in [1.807, 2.05) is 0 Å². The second-order valence-corrected chi connectivity index (χ2v) is 7.37. The molecule has 2 rings (SSSR count). The maximum Gasteiger partial charge on any atom is 0.240 e. The Morgan fingerprint density at radius 1 is 1.29 bits per heavy atom. The van der Waals surface area contributed by atoms with Crippen molar-refractivity contribution < 1.29 is 8.42 Å². The normalized spacial score (nSPS) is 16.1. The summed E-state index contributed by atoms with van der Waals surface area (Å²) in [6.45, 7) is 2.97. The van der Waals surface area contributed by atoms with Gasteiger partial charge in [0.15, 0.2) is 0 Å². The molecule has 1 aliphatic rings. The summed E-state index contributed by atoms with van der Waals surface area (Å²) >= 11 is 0. The van der Waals surface area contributed by atoms with E-state index in [0.717, 1.165) is 31.2 Å². The predicted octanol–water partition coefficient (Wildman–Crippen LogP) is 1.86. The molecule has 114 valence electrons. The van der Waals surface area contributed by atoms with Gasteiger partial charge >= 0.3 is 0 Å². The molecule has 0 radical (unpaired) electrons. The Balaban J connectivity index is 2.02. The van der Waals surface area contributed by atoms with E-state index in [0.29, 0.717) is 13.1 Å². The van der Waals surface area contributed by atoms with Gasteiger partial charge in [0.2, 0.25) is 10.0 Å². The zero-order chi connectivity index (χ0) is 15.3. The monoisotopic (exact) mass is 306 g/mol. The zero-order valence-electron chi connectivity index (χ0n) is 12.4. The predicted molar refractivity (Wildman–Crippen MR) is 84.1 cm³/mol. The third-order valence-corrected chi connectivity index (χ3v) is 5.29. The molecular formula is C16H22N2O2S. The van der Waals surface area contributed by atoms with Crippen LogP contribution in [0.2, 0.25) is 0 Å². The summed E-state index contributed by atoms with van der Waals surface area (Å²) in [4.78, 5) is 0.285. The van der Waals surface area contributed by atoms with E-state index < -0.39 is 10.0 Å². The number of benzene rings is 1. The van der Waals surface area contributed by atoms with Gasteiger partial charge in [-0.1, -0.05) is 25.2 Å². The summed E-state index contributed by atoms with van der Waals surface area (Å²) in [6, 6.07) is 6.58. The van der Waals surface area contributed by atoms with Crippen LogP contribution in [0.5, 0.6) is 0 Å². The largest absolute Gasteiger partial charge is 0.320 e. The highest BCUT2D eigenvalue weighted by atomic mass is 32.2. The SMILES string of the molecule is CCCC1(CNS(=O)(=O)c2ccc(C#CCN)cc2)CC1. The molecule has 0 aromatic heterocycles. The first-order valence-electron chi connectivity index (χ1n) is 7.30. The van der Waals surface area contributed by atoms with E-state index in [4.69, 9.17) is 5.73 Å². The van der Waals surface area contributed by atoms with Crippen LogP contribution in [0.15, 0.2) is 29.2 Å². The molecule has 1 fully saturated rings. The van der Waals surface area contributed by atoms with E-state index in [2.05, 4.69) is 23.5 Å². The van der Waals surface area contributed by atoms with Crippen LogP contribution in [0.3, 0.4) is 0 Å². The van der Waals surface area contributed by atoms with Gasteiger partial charge in [-0.15, -0.1) is 0 Å². The van der Waals surface area contributed by atoms with Crippen molar-refractivity contribution in [3.63, 3.8) is 0 Å². The van der Waals surface area contributed by atoms with E-state index in [9.17, 15) is 8.42 Å². The van der Waals surface area contributed by atoms with Crippen LogP contribution in [0, 0.1) is 17.3 Å². The van der Waals surface area contributed by atoms with Gasteiger partial charge in [-0.3, -0.25) is 0 Å². The second-order valence-electron chi connectivity index (χ2n) is 5.60. The van der Waals surface area contributed by atoms with Crippen molar-refractivity contribution in [3.05, 3.63) is 29.8 Å². The van der Waals surface area contributed by atoms with Crippen molar-refractivity contribution in [1.82, 2.24) is 4.72 Å². The molecule has 1 aromatic carbocycles. The summed E-state index contributed by atoms with van der Waals surface area (Å²) in [5.41, 5.74) is 6.28. The Bertz CT molecular complexity index is 635. The first-order valence-corrected chi connectivity index (χ1v) is 8.78. The summed E-state index contributed by atoms with van der Waals surface area (Å²) in [7, 11) is -3.43. The Hall–Kier alpha value is -1.35. The number of nitrogens with two attached hydrogens (primary N) is 1. The fraction of sp³-hybridized carbons (Fsp3) is 0.500. The first kappa shape index (κ1) is 16.0. The molecule has 5 heteroatoms. The molecule has 1 aromatic rings. The third kappa shape index (κ3) is 4.31. The van der Waals surface area contributed by atoms with Crippen LogP contribution in [0.1, 0.15) is 38.2 Å². The highest BCUT2D eigenvalue weighted by Gasteiger charge is 2.42. The molecule has 0 heterocycles. The van der Waals surface area contributed by atoms with Gasteiger partial charge < -0.3 is 5.73 Å². The van der Waals surface area contributed by atoms with E-state index in [1.165, 1.54) is 0 Å². The summed E-state index contributed by atoms with van der Waals surface area (Å²) < 4.78 is 27.3. The maximum atomic E-state index is 12.3. The molecule has 0 bridgehead atoms. The number of hydrogen-bond acceptors (Lipinski definition) is 3. The van der Waals surface area contributed by atoms with E-state index in [-0.39, 0.29) is 10.3 Å². The fourth-order valence-corrected chi connectivity index (χ4v) is 3.58. The van der Waals surface area contributed by atoms with Crippen molar-refractivity contribution >= 4 is 10.0 Å². The third-order valence-electron chi connectivity index (χ3n) is 3.87. The minimum absolute atomic E-state index is 0.203. The molecule has 1 saturated carbocycles. The lowest BCUT2D eigenvalue weighted by molar-refractivity contribution is 0.449. The summed E-state index contributed by atoms with van der Waals surface area (Å²) in [5.74, 6) is 5.62. The second kappa shape index (κ2) is 6.61. The summed E-state index contributed by atoms with van der Waals surface area (Å²) in [6.07, 6.45) is 4.42. The topological polar surface area (TPSA) is 72.2 Å². The lowest BCUT2D eigenvalue weighted by Gasteiger charge is -2.15. The van der Waals surface area contributed by atoms with Crippen molar-refractivity contribution in [2.24, 2.45) is 11.1 Å². The minimum atomic E-state index is -3.43. The van der Waals surface area contributed by atoms with Gasteiger partial charge in [0.25, 0.3) is 0 Å². The molecular weight excluding hydrogens is 284 g/mol. The molecule has 0 spiro atoms. The fourth-order valence-electron chi connectivity index (χ4n) is 2.42. The number of rotatable bonds is 6. The van der Waals surface area contributed by atoms with Crippen LogP contribution < -0.4 is 10.5 Å². The molecule has 21 heavy (non-hydrogen) atoms. The van der Waals surface area contributed by atoms with Crippen molar-refractivity contribution in [2.75, 3.05) is 13.1 Å². The summed E-state index contributed by atoms with van der Waals surface area (Å²) in [5, 5.41) is 0. The Kier molecular flexibility index (Phi) is 5.04. The zero-order valence-corrected chi connectivity index (χ0v) is 13.2. The lowest BCUT2D eigenvalue weighted by Crippen LogP contribution is -2.30. The molecule has 3 N–H and O–H groups in total. The molecule has 0 amide bonds. The van der Waals surface area contributed by atoms with Gasteiger partial charge in [0.05, 0.1) is 11.4 Å². The van der Waals surface area contributed by atoms with Crippen molar-refractivity contribution in [1.29, 1.82) is 0 Å². The van der Waals surface area contributed by atoms with Crippen molar-refractivity contribution in [3.8, 4) is 11.8 Å². The molecule has 0 aliphatic heterocycles. The van der Waals surface area contributed by atoms with Gasteiger partial charge in [-0.2, -0.15) is 0 Å². The average Bonchev–Trinajstić information content (AvgIpc) is 3.24. The number of hydrogen-bond donors (Lipinski definition) is 2. The van der Waals surface area contributed by atoms with E-state index in [1.54, 1.807) is 24.3 Å². The quantitative estimate of drug-likeness (QED) is 0.788. The Morgan fingerprint density at radius 3 is 2.48 bits per heavy atom. The van der Waals surface area contributed by atoms with Crippen LogP contribution >= 0.6 is 0 Å². The van der Waals surface area contributed by atoms with Crippen molar-refractivity contribution in [2.45, 2.75) is 37.5 Å². The molecule has 0 saturated heterocycles. The van der Waals surface area contributed by atoms with Crippen LogP contribution in [0.4, 0.5) is 0 Å². The molecule has 4 nitrogen and oxygen atoms in total. The Morgan fingerprint density at radius 2 is 1.95 bits per heavy atom. The van der Waals surface area contributed by atoms with Gasteiger partial charge in [-0.25, -0.2) is 13.1 Å². The molecule has 1 aliphatic carbocycles. The average molecular weight is 306 g/mol. The first-order chi connectivity index (χ1) is 10.0.